The van der Waals surface area contributed by atoms with Crippen LogP contribution in [0.25, 0.3) is 0 Å². The van der Waals surface area contributed by atoms with Crippen molar-refractivity contribution in [1.29, 1.82) is 0 Å². The summed E-state index contributed by atoms with van der Waals surface area (Å²) in [6.07, 6.45) is 14.7. The van der Waals surface area contributed by atoms with Crippen molar-refractivity contribution in [2.24, 2.45) is 5.41 Å². The molecular formula is C16H33NO. The van der Waals surface area contributed by atoms with Crippen molar-refractivity contribution in [3.8, 4) is 0 Å². The Labute approximate surface area is 114 Å². The van der Waals surface area contributed by atoms with E-state index in [1.54, 1.807) is 0 Å². The predicted molar refractivity (Wildman–Crippen MR) is 78.8 cm³/mol. The normalized spacial score (nSPS) is 18.3. The van der Waals surface area contributed by atoms with Gasteiger partial charge in [0.15, 0.2) is 0 Å². The second kappa shape index (κ2) is 9.80. The lowest BCUT2D eigenvalue weighted by molar-refractivity contribution is 0.128. The maximum absolute atomic E-state index is 9.50. The average Bonchev–Trinajstić information content (AvgIpc) is 2.86. The van der Waals surface area contributed by atoms with E-state index in [0.717, 1.165) is 13.1 Å². The first kappa shape index (κ1) is 16.0. The molecule has 0 radical (unpaired) electrons. The van der Waals surface area contributed by atoms with Gasteiger partial charge in [-0.3, -0.25) is 0 Å². The van der Waals surface area contributed by atoms with Crippen molar-refractivity contribution in [3.05, 3.63) is 0 Å². The molecule has 0 heterocycles. The molecule has 1 saturated carbocycles. The standard InChI is InChI=1S/C16H33NO/c1-2-3-4-5-6-7-10-13-17-14-16(15-18)11-8-9-12-16/h17-18H,2-15H2,1H3. The van der Waals surface area contributed by atoms with Crippen molar-refractivity contribution < 1.29 is 5.11 Å². The smallest absolute Gasteiger partial charge is 0.0499 e. The summed E-state index contributed by atoms with van der Waals surface area (Å²) in [6.45, 7) is 4.80. The van der Waals surface area contributed by atoms with Crippen LogP contribution in [0.2, 0.25) is 0 Å². The van der Waals surface area contributed by atoms with Gasteiger partial charge in [-0.25, -0.2) is 0 Å². The van der Waals surface area contributed by atoms with Crippen LogP contribution >= 0.6 is 0 Å². The Morgan fingerprint density at radius 1 is 0.944 bits per heavy atom. The first-order valence-corrected chi connectivity index (χ1v) is 8.14. The number of hydrogen-bond donors (Lipinski definition) is 2. The minimum Gasteiger partial charge on any atom is -0.396 e. The molecular weight excluding hydrogens is 222 g/mol. The van der Waals surface area contributed by atoms with Crippen LogP contribution in [0.3, 0.4) is 0 Å². The first-order chi connectivity index (χ1) is 8.83. The SMILES string of the molecule is CCCCCCCCCNCC1(CO)CCCC1. The van der Waals surface area contributed by atoms with Crippen LogP contribution in [0.5, 0.6) is 0 Å². The molecule has 0 saturated heterocycles. The van der Waals surface area contributed by atoms with E-state index in [1.807, 2.05) is 0 Å². The molecule has 2 heteroatoms. The molecule has 18 heavy (non-hydrogen) atoms. The summed E-state index contributed by atoms with van der Waals surface area (Å²) in [7, 11) is 0. The highest BCUT2D eigenvalue weighted by atomic mass is 16.3. The fraction of sp³-hybridized carbons (Fsp3) is 1.00. The lowest BCUT2D eigenvalue weighted by Gasteiger charge is -2.26. The van der Waals surface area contributed by atoms with Crippen molar-refractivity contribution in [3.63, 3.8) is 0 Å². The van der Waals surface area contributed by atoms with Gasteiger partial charge in [-0.2, -0.15) is 0 Å². The second-order valence-electron chi connectivity index (χ2n) is 6.16. The Hall–Kier alpha value is -0.0800. The van der Waals surface area contributed by atoms with Crippen LogP contribution in [0.4, 0.5) is 0 Å². The quantitative estimate of drug-likeness (QED) is 0.549. The molecule has 2 nitrogen and oxygen atoms in total. The molecule has 0 aromatic rings. The molecule has 1 rings (SSSR count). The third kappa shape index (κ3) is 6.19. The number of aliphatic hydroxyl groups excluding tert-OH is 1. The molecule has 0 aromatic carbocycles. The lowest BCUT2D eigenvalue weighted by Crippen LogP contribution is -2.35. The molecule has 0 spiro atoms. The van der Waals surface area contributed by atoms with E-state index >= 15 is 0 Å². The summed E-state index contributed by atoms with van der Waals surface area (Å²) in [5.41, 5.74) is 0.223. The maximum atomic E-state index is 9.50. The fourth-order valence-electron chi connectivity index (χ4n) is 3.08. The molecule has 0 aliphatic heterocycles. The molecule has 1 fully saturated rings. The van der Waals surface area contributed by atoms with Gasteiger partial charge in [0, 0.05) is 18.6 Å². The zero-order valence-corrected chi connectivity index (χ0v) is 12.3. The zero-order valence-electron chi connectivity index (χ0n) is 12.3. The Morgan fingerprint density at radius 3 is 2.17 bits per heavy atom. The summed E-state index contributed by atoms with van der Waals surface area (Å²) >= 11 is 0. The predicted octanol–water partition coefficient (Wildman–Crippen LogP) is 3.88. The van der Waals surface area contributed by atoms with Crippen LogP contribution in [-0.2, 0) is 0 Å². The minimum absolute atomic E-state index is 0.223. The van der Waals surface area contributed by atoms with E-state index in [4.69, 9.17) is 0 Å². The van der Waals surface area contributed by atoms with E-state index in [1.165, 1.54) is 70.6 Å². The second-order valence-corrected chi connectivity index (χ2v) is 6.16. The zero-order chi connectivity index (χ0) is 13.1. The third-order valence-corrected chi connectivity index (χ3v) is 4.46. The summed E-state index contributed by atoms with van der Waals surface area (Å²) in [4.78, 5) is 0. The molecule has 1 aliphatic carbocycles. The van der Waals surface area contributed by atoms with E-state index in [-0.39, 0.29) is 5.41 Å². The molecule has 0 atom stereocenters. The van der Waals surface area contributed by atoms with Gasteiger partial charge in [0.2, 0.25) is 0 Å². The van der Waals surface area contributed by atoms with Crippen molar-refractivity contribution in [1.82, 2.24) is 5.32 Å². The van der Waals surface area contributed by atoms with Gasteiger partial charge in [0.05, 0.1) is 0 Å². The number of aliphatic hydroxyl groups is 1. The molecule has 0 aromatic heterocycles. The van der Waals surface area contributed by atoms with Crippen LogP contribution < -0.4 is 5.32 Å². The number of rotatable bonds is 11. The van der Waals surface area contributed by atoms with Crippen molar-refractivity contribution in [2.75, 3.05) is 19.7 Å². The van der Waals surface area contributed by atoms with Gasteiger partial charge < -0.3 is 10.4 Å². The summed E-state index contributed by atoms with van der Waals surface area (Å²) < 4.78 is 0. The number of nitrogens with one attached hydrogen (secondary N) is 1. The lowest BCUT2D eigenvalue weighted by atomic mass is 9.87. The Kier molecular flexibility index (Phi) is 8.70. The minimum atomic E-state index is 0.223. The van der Waals surface area contributed by atoms with E-state index in [2.05, 4.69) is 12.2 Å². The first-order valence-electron chi connectivity index (χ1n) is 8.14. The molecule has 2 N–H and O–H groups in total. The monoisotopic (exact) mass is 255 g/mol. The Morgan fingerprint density at radius 2 is 1.56 bits per heavy atom. The highest BCUT2D eigenvalue weighted by Gasteiger charge is 2.32. The van der Waals surface area contributed by atoms with Crippen molar-refractivity contribution in [2.45, 2.75) is 77.6 Å². The Bertz CT molecular complexity index is 188. The Balaban J connectivity index is 1.89. The van der Waals surface area contributed by atoms with Crippen LogP contribution in [-0.4, -0.2) is 24.8 Å². The van der Waals surface area contributed by atoms with Gasteiger partial charge in [-0.05, 0) is 25.8 Å². The molecule has 0 unspecified atom stereocenters. The highest BCUT2D eigenvalue weighted by molar-refractivity contribution is 4.85. The molecule has 0 amide bonds. The van der Waals surface area contributed by atoms with Crippen molar-refractivity contribution >= 4 is 0 Å². The van der Waals surface area contributed by atoms with Gasteiger partial charge in [0.25, 0.3) is 0 Å². The molecule has 108 valence electrons. The van der Waals surface area contributed by atoms with Crippen LogP contribution in [0.1, 0.15) is 77.6 Å². The number of hydrogen-bond acceptors (Lipinski definition) is 2. The van der Waals surface area contributed by atoms with Gasteiger partial charge in [-0.15, -0.1) is 0 Å². The van der Waals surface area contributed by atoms with Gasteiger partial charge >= 0.3 is 0 Å². The highest BCUT2D eigenvalue weighted by Crippen LogP contribution is 2.36. The average molecular weight is 255 g/mol. The summed E-state index contributed by atoms with van der Waals surface area (Å²) in [5.74, 6) is 0. The number of unbranched alkanes of at least 4 members (excludes halogenated alkanes) is 6. The molecule has 1 aliphatic rings. The summed E-state index contributed by atoms with van der Waals surface area (Å²) in [5, 5.41) is 13.1. The maximum Gasteiger partial charge on any atom is 0.0499 e. The summed E-state index contributed by atoms with van der Waals surface area (Å²) in [6, 6.07) is 0. The van der Waals surface area contributed by atoms with Gasteiger partial charge in [-0.1, -0.05) is 58.3 Å². The van der Waals surface area contributed by atoms with Gasteiger partial charge in [0.1, 0.15) is 0 Å². The van der Waals surface area contributed by atoms with Crippen LogP contribution in [0, 0.1) is 5.41 Å². The third-order valence-electron chi connectivity index (χ3n) is 4.46. The topological polar surface area (TPSA) is 32.3 Å². The molecule has 0 bridgehead atoms. The largest absolute Gasteiger partial charge is 0.396 e. The van der Waals surface area contributed by atoms with Crippen LogP contribution in [0.15, 0.2) is 0 Å². The fourth-order valence-corrected chi connectivity index (χ4v) is 3.08. The van der Waals surface area contributed by atoms with E-state index in [0.29, 0.717) is 6.61 Å². The van der Waals surface area contributed by atoms with E-state index < -0.39 is 0 Å². The van der Waals surface area contributed by atoms with E-state index in [9.17, 15) is 5.11 Å².